The molecular formula is C28H31N3O3. The standard InChI is InChI=1S/C28H31N3O3/c1-30-23-11-7-6-10-22(23)25-26(20-12-14-21(34-2)15-13-20)31(28(33)27(25)30)18-24(32)29-17-16-19-8-4-3-5-9-19/h6-8,10-15,26H,3-5,9,16-18H2,1-2H3,(H,29,32)/t26-/m0/s1. The molecule has 2 heterocycles. The van der Waals surface area contributed by atoms with E-state index >= 15 is 0 Å². The number of rotatable bonds is 7. The van der Waals surface area contributed by atoms with Crippen LogP contribution in [0.3, 0.4) is 0 Å². The number of carbonyl (C=O) groups is 2. The Morgan fingerprint density at radius 2 is 1.91 bits per heavy atom. The lowest BCUT2D eigenvalue weighted by atomic mass is 9.97. The zero-order chi connectivity index (χ0) is 23.7. The van der Waals surface area contributed by atoms with Crippen LogP contribution in [0.1, 0.15) is 59.8 Å². The zero-order valence-corrected chi connectivity index (χ0v) is 19.8. The first-order chi connectivity index (χ1) is 16.6. The first kappa shape index (κ1) is 22.3. The number of hydrogen-bond acceptors (Lipinski definition) is 3. The molecule has 1 aliphatic heterocycles. The third-order valence-corrected chi connectivity index (χ3v) is 7.09. The Labute approximate surface area is 200 Å². The van der Waals surface area contributed by atoms with Crippen LogP contribution in [-0.4, -0.2) is 41.5 Å². The van der Waals surface area contributed by atoms with Gasteiger partial charge in [-0.15, -0.1) is 0 Å². The zero-order valence-electron chi connectivity index (χ0n) is 19.8. The Morgan fingerprint density at radius 3 is 2.65 bits per heavy atom. The molecule has 1 aliphatic carbocycles. The van der Waals surface area contributed by atoms with Gasteiger partial charge in [0, 0.05) is 30.1 Å². The number of para-hydroxylation sites is 1. The van der Waals surface area contributed by atoms with Crippen molar-refractivity contribution in [3.63, 3.8) is 0 Å². The fourth-order valence-electron chi connectivity index (χ4n) is 5.37. The first-order valence-corrected chi connectivity index (χ1v) is 12.1. The number of hydrogen-bond donors (Lipinski definition) is 1. The second-order valence-electron chi connectivity index (χ2n) is 9.16. The minimum Gasteiger partial charge on any atom is -0.497 e. The molecule has 0 fully saturated rings. The van der Waals surface area contributed by atoms with Crippen LogP contribution in [0.4, 0.5) is 0 Å². The number of aryl methyl sites for hydroxylation is 1. The van der Waals surface area contributed by atoms with Gasteiger partial charge in [0.25, 0.3) is 5.91 Å². The predicted octanol–water partition coefficient (Wildman–Crippen LogP) is 4.74. The SMILES string of the molecule is COc1ccc([C@H]2c3c(n(C)c4ccccc34)C(=O)N2CC(=O)NCCC2=CCCCC2)cc1. The maximum atomic E-state index is 13.6. The lowest BCUT2D eigenvalue weighted by molar-refractivity contribution is -0.122. The van der Waals surface area contributed by atoms with Gasteiger partial charge in [0.2, 0.25) is 5.91 Å². The van der Waals surface area contributed by atoms with Crippen molar-refractivity contribution in [2.24, 2.45) is 7.05 Å². The molecule has 2 aromatic carbocycles. The summed E-state index contributed by atoms with van der Waals surface area (Å²) in [5.74, 6) is 0.521. The maximum absolute atomic E-state index is 13.6. The third kappa shape index (κ3) is 3.98. The molecule has 2 aliphatic rings. The Hall–Kier alpha value is -3.54. The quantitative estimate of drug-likeness (QED) is 0.522. The van der Waals surface area contributed by atoms with Gasteiger partial charge in [0.1, 0.15) is 18.0 Å². The number of nitrogens with zero attached hydrogens (tertiary/aromatic N) is 2. The van der Waals surface area contributed by atoms with Gasteiger partial charge in [0.15, 0.2) is 0 Å². The van der Waals surface area contributed by atoms with Crippen LogP contribution in [0.5, 0.6) is 5.75 Å². The number of carbonyl (C=O) groups excluding carboxylic acids is 2. The van der Waals surface area contributed by atoms with Gasteiger partial charge in [0.05, 0.1) is 13.2 Å². The van der Waals surface area contributed by atoms with E-state index < -0.39 is 0 Å². The van der Waals surface area contributed by atoms with Crippen molar-refractivity contribution in [3.05, 3.63) is 77.0 Å². The van der Waals surface area contributed by atoms with E-state index in [0.717, 1.165) is 47.0 Å². The molecule has 6 nitrogen and oxygen atoms in total. The summed E-state index contributed by atoms with van der Waals surface area (Å²) in [7, 11) is 3.56. The van der Waals surface area contributed by atoms with E-state index in [4.69, 9.17) is 4.74 Å². The molecular weight excluding hydrogens is 426 g/mol. The van der Waals surface area contributed by atoms with E-state index in [1.807, 2.05) is 54.1 Å². The summed E-state index contributed by atoms with van der Waals surface area (Å²) in [5.41, 5.74) is 5.03. The second-order valence-corrected chi connectivity index (χ2v) is 9.16. The molecule has 0 saturated heterocycles. The number of ether oxygens (including phenoxy) is 1. The number of amides is 2. The number of nitrogens with one attached hydrogen (secondary N) is 1. The Kier molecular flexibility index (Phi) is 6.14. The molecule has 0 saturated carbocycles. The molecule has 1 N–H and O–H groups in total. The van der Waals surface area contributed by atoms with Crippen molar-refractivity contribution in [1.82, 2.24) is 14.8 Å². The summed E-state index contributed by atoms with van der Waals surface area (Å²) in [4.78, 5) is 28.3. The highest BCUT2D eigenvalue weighted by molar-refractivity contribution is 6.07. The summed E-state index contributed by atoms with van der Waals surface area (Å²) in [6.07, 6.45) is 7.95. The average molecular weight is 458 g/mol. The molecule has 34 heavy (non-hydrogen) atoms. The topological polar surface area (TPSA) is 63.6 Å². The van der Waals surface area contributed by atoms with Crippen molar-refractivity contribution in [3.8, 4) is 5.75 Å². The molecule has 1 atom stereocenters. The number of fused-ring (bicyclic) bond motifs is 3. The van der Waals surface area contributed by atoms with Crippen LogP contribution >= 0.6 is 0 Å². The molecule has 0 spiro atoms. The molecule has 1 aromatic heterocycles. The van der Waals surface area contributed by atoms with E-state index in [9.17, 15) is 9.59 Å². The summed E-state index contributed by atoms with van der Waals surface area (Å²) < 4.78 is 7.28. The largest absolute Gasteiger partial charge is 0.497 e. The first-order valence-electron chi connectivity index (χ1n) is 12.1. The smallest absolute Gasteiger partial charge is 0.272 e. The maximum Gasteiger partial charge on any atom is 0.272 e. The minimum absolute atomic E-state index is 0.0254. The molecule has 0 unspecified atom stereocenters. The van der Waals surface area contributed by atoms with Gasteiger partial charge >= 0.3 is 0 Å². The van der Waals surface area contributed by atoms with E-state index in [-0.39, 0.29) is 24.4 Å². The normalized spacial score (nSPS) is 17.6. The highest BCUT2D eigenvalue weighted by Gasteiger charge is 2.42. The molecule has 2 amide bonds. The average Bonchev–Trinajstić information content (AvgIpc) is 3.32. The second kappa shape index (κ2) is 9.37. The number of benzene rings is 2. The van der Waals surface area contributed by atoms with Gasteiger partial charge in [-0.2, -0.15) is 0 Å². The van der Waals surface area contributed by atoms with Gasteiger partial charge < -0.3 is 19.5 Å². The minimum atomic E-state index is -0.327. The fraction of sp³-hybridized carbons (Fsp3) is 0.357. The van der Waals surface area contributed by atoms with E-state index in [0.29, 0.717) is 12.2 Å². The third-order valence-electron chi connectivity index (χ3n) is 7.09. The van der Waals surface area contributed by atoms with Crippen molar-refractivity contribution in [2.75, 3.05) is 20.2 Å². The number of methoxy groups -OCH3 is 1. The summed E-state index contributed by atoms with van der Waals surface area (Å²) in [6.45, 7) is 0.632. The van der Waals surface area contributed by atoms with Crippen molar-refractivity contribution in [1.29, 1.82) is 0 Å². The molecule has 176 valence electrons. The van der Waals surface area contributed by atoms with Gasteiger partial charge in [-0.1, -0.05) is 42.0 Å². The predicted molar refractivity (Wildman–Crippen MR) is 133 cm³/mol. The Balaban J connectivity index is 1.43. The van der Waals surface area contributed by atoms with Gasteiger partial charge in [-0.3, -0.25) is 9.59 Å². The summed E-state index contributed by atoms with van der Waals surface area (Å²) in [6, 6.07) is 15.5. The number of allylic oxidation sites excluding steroid dienone is 1. The van der Waals surface area contributed by atoms with Crippen LogP contribution in [0.15, 0.2) is 60.2 Å². The van der Waals surface area contributed by atoms with Crippen LogP contribution in [0, 0.1) is 0 Å². The molecule has 3 aromatic rings. The van der Waals surface area contributed by atoms with Crippen molar-refractivity contribution < 1.29 is 14.3 Å². The summed E-state index contributed by atoms with van der Waals surface area (Å²) in [5, 5.41) is 4.08. The van der Waals surface area contributed by atoms with E-state index in [1.165, 1.54) is 18.4 Å². The van der Waals surface area contributed by atoms with Gasteiger partial charge in [-0.25, -0.2) is 0 Å². The van der Waals surface area contributed by atoms with Crippen molar-refractivity contribution in [2.45, 2.75) is 38.1 Å². The highest BCUT2D eigenvalue weighted by Crippen LogP contribution is 2.43. The fourth-order valence-corrected chi connectivity index (χ4v) is 5.37. The van der Waals surface area contributed by atoms with Crippen molar-refractivity contribution >= 4 is 22.7 Å². The Morgan fingerprint density at radius 1 is 1.12 bits per heavy atom. The highest BCUT2D eigenvalue weighted by atomic mass is 16.5. The molecule has 0 bridgehead atoms. The van der Waals surface area contributed by atoms with E-state index in [2.05, 4.69) is 17.5 Å². The summed E-state index contributed by atoms with van der Waals surface area (Å²) >= 11 is 0. The van der Waals surface area contributed by atoms with Crippen LogP contribution in [0.2, 0.25) is 0 Å². The molecule has 0 radical (unpaired) electrons. The monoisotopic (exact) mass is 457 g/mol. The lowest BCUT2D eigenvalue weighted by Gasteiger charge is -2.26. The lowest BCUT2D eigenvalue weighted by Crippen LogP contribution is -2.40. The molecule has 5 rings (SSSR count). The molecule has 6 heteroatoms. The van der Waals surface area contributed by atoms with E-state index in [1.54, 1.807) is 12.0 Å². The van der Waals surface area contributed by atoms with Crippen LogP contribution in [0.25, 0.3) is 10.9 Å². The van der Waals surface area contributed by atoms with Crippen LogP contribution < -0.4 is 10.1 Å². The van der Waals surface area contributed by atoms with Crippen LogP contribution in [-0.2, 0) is 11.8 Å². The van der Waals surface area contributed by atoms with Gasteiger partial charge in [-0.05, 0) is 55.9 Å². The Bertz CT molecular complexity index is 1260. The number of aromatic nitrogens is 1.